The fourth-order valence-electron chi connectivity index (χ4n) is 1.67. The first-order valence-corrected chi connectivity index (χ1v) is 5.60. The van der Waals surface area contributed by atoms with E-state index in [0.29, 0.717) is 0 Å². The average Bonchev–Trinajstić information content (AvgIpc) is 2.04. The van der Waals surface area contributed by atoms with Crippen LogP contribution in [0.15, 0.2) is 0 Å². The van der Waals surface area contributed by atoms with E-state index in [1.165, 1.54) is 0 Å². The van der Waals surface area contributed by atoms with Crippen LogP contribution < -0.4 is 0 Å². The zero-order chi connectivity index (χ0) is 9.14. The van der Waals surface area contributed by atoms with Crippen LogP contribution in [0.1, 0.15) is 25.7 Å². The fraction of sp³-hybridized carbons (Fsp3) is 0.750. The van der Waals surface area contributed by atoms with Crippen LogP contribution in [0.3, 0.4) is 0 Å². The molecule has 0 aromatic heterocycles. The molecule has 0 spiro atoms. The summed E-state index contributed by atoms with van der Waals surface area (Å²) in [6, 6.07) is 0. The summed E-state index contributed by atoms with van der Waals surface area (Å²) in [6.07, 6.45) is 3.79. The molecule has 68 valence electrons. The molecule has 1 saturated carbocycles. The van der Waals surface area contributed by atoms with Crippen LogP contribution in [-0.2, 0) is 9.59 Å². The third-order valence-corrected chi connectivity index (χ3v) is 3.53. The molecule has 0 heterocycles. The predicted octanol–water partition coefficient (Wildman–Crippen LogP) is 2.64. The van der Waals surface area contributed by atoms with Gasteiger partial charge in [-0.05, 0) is 44.7 Å². The average molecular weight is 298 g/mol. The largest absolute Gasteiger partial charge is 0.286 e. The van der Waals surface area contributed by atoms with Crippen LogP contribution in [0.25, 0.3) is 0 Å². The van der Waals surface area contributed by atoms with Gasteiger partial charge < -0.3 is 0 Å². The van der Waals surface area contributed by atoms with Crippen molar-refractivity contribution in [2.24, 2.45) is 11.8 Å². The topological polar surface area (TPSA) is 34.1 Å². The smallest absolute Gasteiger partial charge is 0.201 e. The zero-order valence-corrected chi connectivity index (χ0v) is 9.73. The van der Waals surface area contributed by atoms with E-state index < -0.39 is 0 Å². The van der Waals surface area contributed by atoms with Crippen molar-refractivity contribution in [1.29, 1.82) is 0 Å². The monoisotopic (exact) mass is 296 g/mol. The minimum absolute atomic E-state index is 0.0278. The van der Waals surface area contributed by atoms with Gasteiger partial charge in [-0.3, -0.25) is 9.59 Å². The molecule has 12 heavy (non-hydrogen) atoms. The molecule has 0 amide bonds. The van der Waals surface area contributed by atoms with Crippen LogP contribution in [0.2, 0.25) is 0 Å². The second-order valence-electron chi connectivity index (χ2n) is 3.11. The van der Waals surface area contributed by atoms with Gasteiger partial charge in [-0.15, -0.1) is 0 Å². The molecule has 0 aromatic carbocycles. The highest BCUT2D eigenvalue weighted by Gasteiger charge is 2.33. The number of carbonyl (C=O) groups is 2. The molecule has 0 bridgehead atoms. The second kappa shape index (κ2) is 4.51. The van der Waals surface area contributed by atoms with Gasteiger partial charge in [0.05, 0.1) is 0 Å². The Balaban J connectivity index is 2.67. The molecule has 4 heteroatoms. The van der Waals surface area contributed by atoms with Gasteiger partial charge in [0, 0.05) is 11.8 Å². The van der Waals surface area contributed by atoms with Crippen molar-refractivity contribution >= 4 is 41.2 Å². The Labute approximate surface area is 88.3 Å². The SMILES string of the molecule is O=C(Br)C1CCCCC1C(=O)Br. The molecule has 0 aliphatic heterocycles. The van der Waals surface area contributed by atoms with Gasteiger partial charge in [0.15, 0.2) is 0 Å². The quantitative estimate of drug-likeness (QED) is 0.734. The molecule has 2 unspecified atom stereocenters. The molecule has 1 fully saturated rings. The zero-order valence-electron chi connectivity index (χ0n) is 6.56. The Morgan fingerprint density at radius 2 is 1.25 bits per heavy atom. The van der Waals surface area contributed by atoms with Gasteiger partial charge in [-0.2, -0.15) is 0 Å². The Kier molecular flexibility index (Phi) is 3.90. The maximum absolute atomic E-state index is 11.1. The Hall–Kier alpha value is 0.300. The third-order valence-electron chi connectivity index (χ3n) is 2.35. The number of carbonyl (C=O) groups excluding carboxylic acids is 2. The minimum atomic E-state index is -0.106. The number of rotatable bonds is 2. The van der Waals surface area contributed by atoms with Crippen LogP contribution >= 0.6 is 31.9 Å². The van der Waals surface area contributed by atoms with Crippen molar-refractivity contribution in [3.63, 3.8) is 0 Å². The molecule has 2 atom stereocenters. The van der Waals surface area contributed by atoms with E-state index in [9.17, 15) is 9.59 Å². The van der Waals surface area contributed by atoms with E-state index in [1.54, 1.807) is 0 Å². The van der Waals surface area contributed by atoms with Crippen LogP contribution in [0.4, 0.5) is 0 Å². The van der Waals surface area contributed by atoms with Gasteiger partial charge in [-0.1, -0.05) is 12.8 Å². The van der Waals surface area contributed by atoms with Crippen LogP contribution in [-0.4, -0.2) is 9.39 Å². The van der Waals surface area contributed by atoms with Gasteiger partial charge in [0.2, 0.25) is 9.39 Å². The summed E-state index contributed by atoms with van der Waals surface area (Å²) in [5.74, 6) is -0.212. The molecular formula is C8H10Br2O2. The normalized spacial score (nSPS) is 29.8. The molecular weight excluding hydrogens is 288 g/mol. The number of hydrogen-bond donors (Lipinski definition) is 0. The van der Waals surface area contributed by atoms with Gasteiger partial charge >= 0.3 is 0 Å². The first-order valence-electron chi connectivity index (χ1n) is 4.01. The highest BCUT2D eigenvalue weighted by Crippen LogP contribution is 2.33. The van der Waals surface area contributed by atoms with Crippen molar-refractivity contribution in [3.05, 3.63) is 0 Å². The first-order chi connectivity index (χ1) is 5.63. The molecule has 0 N–H and O–H groups in total. The predicted molar refractivity (Wildman–Crippen MR) is 53.3 cm³/mol. The van der Waals surface area contributed by atoms with Crippen LogP contribution in [0.5, 0.6) is 0 Å². The lowest BCUT2D eigenvalue weighted by Crippen LogP contribution is -2.27. The van der Waals surface area contributed by atoms with Crippen molar-refractivity contribution < 1.29 is 9.59 Å². The highest BCUT2D eigenvalue weighted by atomic mass is 79.9. The molecule has 1 aliphatic rings. The molecule has 0 aromatic rings. The van der Waals surface area contributed by atoms with Gasteiger partial charge in [0.25, 0.3) is 0 Å². The van der Waals surface area contributed by atoms with Crippen molar-refractivity contribution in [2.75, 3.05) is 0 Å². The summed E-state index contributed by atoms with van der Waals surface area (Å²) in [7, 11) is 0. The lowest BCUT2D eigenvalue weighted by atomic mass is 9.81. The lowest BCUT2D eigenvalue weighted by Gasteiger charge is -2.25. The summed E-state index contributed by atoms with van der Waals surface area (Å²) in [4.78, 5) is 22.1. The van der Waals surface area contributed by atoms with E-state index in [2.05, 4.69) is 31.9 Å². The Bertz CT molecular complexity index is 181. The van der Waals surface area contributed by atoms with Crippen molar-refractivity contribution in [1.82, 2.24) is 0 Å². The van der Waals surface area contributed by atoms with E-state index in [0.717, 1.165) is 25.7 Å². The second-order valence-corrected chi connectivity index (χ2v) is 4.67. The minimum Gasteiger partial charge on any atom is -0.286 e. The van der Waals surface area contributed by atoms with Gasteiger partial charge in [0.1, 0.15) is 0 Å². The standard InChI is InChI=1S/C8H10Br2O2/c9-7(11)5-3-1-2-4-6(5)8(10)12/h5-6H,1-4H2. The summed E-state index contributed by atoms with van der Waals surface area (Å²) >= 11 is 5.87. The third kappa shape index (κ3) is 2.39. The molecule has 1 rings (SSSR count). The molecule has 2 nitrogen and oxygen atoms in total. The summed E-state index contributed by atoms with van der Waals surface area (Å²) in [6.45, 7) is 0. The van der Waals surface area contributed by atoms with E-state index >= 15 is 0 Å². The van der Waals surface area contributed by atoms with Crippen molar-refractivity contribution in [2.45, 2.75) is 25.7 Å². The molecule has 0 radical (unpaired) electrons. The van der Waals surface area contributed by atoms with E-state index in [4.69, 9.17) is 0 Å². The highest BCUT2D eigenvalue weighted by molar-refractivity contribution is 9.18. The Morgan fingerprint density at radius 1 is 0.917 bits per heavy atom. The summed E-state index contributed by atoms with van der Waals surface area (Å²) in [5.41, 5.74) is 0. The van der Waals surface area contributed by atoms with E-state index in [1.807, 2.05) is 0 Å². The molecule has 1 aliphatic carbocycles. The maximum Gasteiger partial charge on any atom is 0.201 e. The van der Waals surface area contributed by atoms with Crippen LogP contribution in [0, 0.1) is 11.8 Å². The number of hydrogen-bond acceptors (Lipinski definition) is 2. The fourth-order valence-corrected chi connectivity index (χ4v) is 2.77. The van der Waals surface area contributed by atoms with Crippen molar-refractivity contribution in [3.8, 4) is 0 Å². The lowest BCUT2D eigenvalue weighted by molar-refractivity contribution is -0.123. The summed E-state index contributed by atoms with van der Waals surface area (Å²) in [5, 5.41) is 0. The summed E-state index contributed by atoms with van der Waals surface area (Å²) < 4.78 is -0.0556. The van der Waals surface area contributed by atoms with Gasteiger partial charge in [-0.25, -0.2) is 0 Å². The molecule has 0 saturated heterocycles. The first kappa shape index (κ1) is 10.4. The number of halogens is 2. The van der Waals surface area contributed by atoms with E-state index in [-0.39, 0.29) is 21.2 Å². The Morgan fingerprint density at radius 3 is 1.50 bits per heavy atom. The maximum atomic E-state index is 11.1.